The van der Waals surface area contributed by atoms with Gasteiger partial charge >= 0.3 is 7.12 Å². The van der Waals surface area contributed by atoms with Crippen LogP contribution in [0, 0.1) is 0 Å². The lowest BCUT2D eigenvalue weighted by atomic mass is 9.75. The number of hydrogen-bond acceptors (Lipinski definition) is 3. The molecule has 0 atom stereocenters. The molecule has 4 heteroatoms. The number of hydrogen-bond donors (Lipinski definition) is 0. The van der Waals surface area contributed by atoms with Gasteiger partial charge in [-0.3, -0.25) is 0 Å². The number of anilines is 3. The van der Waals surface area contributed by atoms with E-state index in [1.165, 1.54) is 16.7 Å². The van der Waals surface area contributed by atoms with E-state index in [0.29, 0.717) is 0 Å². The summed E-state index contributed by atoms with van der Waals surface area (Å²) in [5, 5.41) is 0. The molecule has 3 aromatic carbocycles. The van der Waals surface area contributed by atoms with Gasteiger partial charge in [-0.2, -0.15) is 0 Å². The number of benzene rings is 3. The van der Waals surface area contributed by atoms with Gasteiger partial charge in [0.15, 0.2) is 0 Å². The van der Waals surface area contributed by atoms with Crippen molar-refractivity contribution in [2.45, 2.75) is 138 Å². The fourth-order valence-electron chi connectivity index (χ4n) is 4.98. The van der Waals surface area contributed by atoms with Crippen LogP contribution in [0.5, 0.6) is 0 Å². The van der Waals surface area contributed by atoms with E-state index in [1.807, 2.05) is 20.8 Å². The maximum atomic E-state index is 6.53. The van der Waals surface area contributed by atoms with E-state index >= 15 is 0 Å². The van der Waals surface area contributed by atoms with Crippen LogP contribution in [0.1, 0.15) is 127 Å². The largest absolute Gasteiger partial charge is 0.494 e. The predicted octanol–water partition coefficient (Wildman–Crippen LogP) is 11.6. The van der Waals surface area contributed by atoms with E-state index in [4.69, 9.17) is 9.31 Å². The molecule has 1 heterocycles. The zero-order chi connectivity index (χ0) is 34.6. The normalized spacial score (nSPS) is 15.8. The molecule has 0 aliphatic carbocycles. The van der Waals surface area contributed by atoms with Crippen molar-refractivity contribution in [3.63, 3.8) is 0 Å². The first kappa shape index (κ1) is 38.4. The van der Waals surface area contributed by atoms with Crippen LogP contribution in [0.15, 0.2) is 79.4 Å². The molecule has 1 fully saturated rings. The molecule has 0 amide bonds. The molecule has 0 saturated carbocycles. The Kier molecular flexibility index (Phi) is 12.2. The maximum Gasteiger partial charge on any atom is 0.494 e. The fraction of sp³-hybridized carbons (Fsp3) is 0.512. The van der Waals surface area contributed by atoms with Crippen molar-refractivity contribution in [1.82, 2.24) is 0 Å². The lowest BCUT2D eigenvalue weighted by Crippen LogP contribution is -2.41. The second kappa shape index (κ2) is 14.3. The van der Waals surface area contributed by atoms with Crippen LogP contribution in [0.25, 0.3) is 0 Å². The number of allylic oxidation sites excluding steroid dienone is 1. The summed E-state index contributed by atoms with van der Waals surface area (Å²) in [5.74, 6) is 0. The topological polar surface area (TPSA) is 21.7 Å². The summed E-state index contributed by atoms with van der Waals surface area (Å²) in [7, 11) is -0.431. The molecule has 246 valence electrons. The van der Waals surface area contributed by atoms with E-state index in [0.717, 1.165) is 22.5 Å². The Morgan fingerprint density at radius 3 is 1.22 bits per heavy atom. The Hall–Kier alpha value is -2.82. The molecule has 0 spiro atoms. The Bertz CT molecular complexity index is 1310. The quantitative estimate of drug-likeness (QED) is 0.216. The third-order valence-electron chi connectivity index (χ3n) is 8.57. The highest BCUT2D eigenvalue weighted by molar-refractivity contribution is 6.62. The Balaban J connectivity index is 0.00000133. The third-order valence-corrected chi connectivity index (χ3v) is 8.57. The van der Waals surface area contributed by atoms with Gasteiger partial charge < -0.3 is 14.2 Å². The summed E-state index contributed by atoms with van der Waals surface area (Å²) in [6, 6.07) is 24.8. The van der Waals surface area contributed by atoms with Gasteiger partial charge in [-0.15, -0.1) is 6.58 Å². The van der Waals surface area contributed by atoms with Gasteiger partial charge in [0.2, 0.25) is 0 Å². The molecule has 3 aromatic rings. The van der Waals surface area contributed by atoms with Crippen molar-refractivity contribution in [1.29, 1.82) is 0 Å². The van der Waals surface area contributed by atoms with Crippen molar-refractivity contribution in [2.24, 2.45) is 0 Å². The van der Waals surface area contributed by atoms with Crippen LogP contribution < -0.4 is 10.4 Å². The first-order valence-electron chi connectivity index (χ1n) is 16.7. The summed E-state index contributed by atoms with van der Waals surface area (Å²) in [5.41, 5.74) is 7.62. The minimum absolute atomic E-state index is 0.0494. The molecule has 4 rings (SSSR count). The molecule has 45 heavy (non-hydrogen) atoms. The molecule has 1 saturated heterocycles. The second-order valence-electron chi connectivity index (χ2n) is 16.0. The van der Waals surface area contributed by atoms with E-state index in [1.54, 1.807) is 6.08 Å². The average molecular weight is 612 g/mol. The molecule has 1 aliphatic heterocycles. The molecule has 1 aliphatic rings. The minimum atomic E-state index is -0.431. The van der Waals surface area contributed by atoms with Gasteiger partial charge in [0.05, 0.1) is 11.2 Å². The van der Waals surface area contributed by atoms with Crippen molar-refractivity contribution in [3.05, 3.63) is 96.1 Å². The van der Waals surface area contributed by atoms with Crippen molar-refractivity contribution >= 4 is 29.6 Å². The fourth-order valence-corrected chi connectivity index (χ4v) is 4.98. The lowest BCUT2D eigenvalue weighted by Gasteiger charge is -2.32. The Morgan fingerprint density at radius 1 is 0.578 bits per heavy atom. The van der Waals surface area contributed by atoms with Gasteiger partial charge in [-0.25, -0.2) is 0 Å². The molecule has 3 nitrogen and oxygen atoms in total. The Morgan fingerprint density at radius 2 is 0.911 bits per heavy atom. The van der Waals surface area contributed by atoms with Crippen LogP contribution in [-0.2, 0) is 25.6 Å². The van der Waals surface area contributed by atoms with Crippen LogP contribution in [0.3, 0.4) is 0 Å². The monoisotopic (exact) mass is 611 g/mol. The van der Waals surface area contributed by atoms with Crippen LogP contribution >= 0.6 is 0 Å². The lowest BCUT2D eigenvalue weighted by molar-refractivity contribution is 0.00578. The van der Waals surface area contributed by atoms with E-state index in [9.17, 15) is 0 Å². The molecular weight excluding hydrogens is 549 g/mol. The second-order valence-corrected chi connectivity index (χ2v) is 16.0. The van der Waals surface area contributed by atoms with Crippen LogP contribution in [-0.4, -0.2) is 18.3 Å². The molecule has 0 aromatic heterocycles. The zero-order valence-electron chi connectivity index (χ0n) is 31.5. The van der Waals surface area contributed by atoms with Crippen molar-refractivity contribution in [2.75, 3.05) is 4.90 Å². The highest BCUT2D eigenvalue weighted by Crippen LogP contribution is 2.40. The van der Waals surface area contributed by atoms with Gasteiger partial charge in [-0.05, 0) is 109 Å². The molecule has 0 N–H and O–H groups in total. The summed E-state index contributed by atoms with van der Waals surface area (Å²) >= 11 is 0. The van der Waals surface area contributed by atoms with Gasteiger partial charge in [0, 0.05) is 17.1 Å². The van der Waals surface area contributed by atoms with Crippen molar-refractivity contribution < 1.29 is 9.31 Å². The predicted molar refractivity (Wildman–Crippen MR) is 200 cm³/mol. The van der Waals surface area contributed by atoms with Crippen molar-refractivity contribution in [3.8, 4) is 0 Å². The van der Waals surface area contributed by atoms with Gasteiger partial charge in [0.25, 0.3) is 0 Å². The summed E-state index contributed by atoms with van der Waals surface area (Å²) in [4.78, 5) is 2.36. The first-order chi connectivity index (χ1) is 20.6. The summed E-state index contributed by atoms with van der Waals surface area (Å²) in [6.45, 7) is 38.0. The first-order valence-corrected chi connectivity index (χ1v) is 16.7. The summed E-state index contributed by atoms with van der Waals surface area (Å²) < 4.78 is 13.1. The summed E-state index contributed by atoms with van der Waals surface area (Å²) in [6.07, 6.45) is 1.75. The number of rotatable bonds is 4. The van der Waals surface area contributed by atoms with E-state index < -0.39 is 18.3 Å². The number of nitrogens with zero attached hydrogens (tertiary/aromatic N) is 1. The van der Waals surface area contributed by atoms with Gasteiger partial charge in [-0.1, -0.05) is 113 Å². The molecule has 0 bridgehead atoms. The smallest absolute Gasteiger partial charge is 0.399 e. The highest BCUT2D eigenvalue weighted by atomic mass is 16.7. The van der Waals surface area contributed by atoms with Gasteiger partial charge in [0.1, 0.15) is 0 Å². The Labute approximate surface area is 277 Å². The highest BCUT2D eigenvalue weighted by Gasteiger charge is 2.52. The zero-order valence-corrected chi connectivity index (χ0v) is 31.5. The molecular formula is C41H62BNO2. The molecule has 0 unspecified atom stereocenters. The standard InChI is InChI=1S/C36H50BNO2.C3H6.C2H6/c1-32(2,3)25-14-18-29(19-15-25)38(30-20-16-26(17-21-30)33(4,5)6)31-23-27(34(7,8)9)22-28(24-31)37-39-35(10,11)36(12,13)40-37;1-3-2;1-2/h14-24H,1-13H3;3H,1H2,2H3;1-2H3. The maximum absolute atomic E-state index is 6.53. The third kappa shape index (κ3) is 9.36. The average Bonchev–Trinajstić information content (AvgIpc) is 3.16. The van der Waals surface area contributed by atoms with Crippen LogP contribution in [0.2, 0.25) is 0 Å². The van der Waals surface area contributed by atoms with E-state index in [2.05, 4.69) is 168 Å². The minimum Gasteiger partial charge on any atom is -0.399 e. The SMILES string of the molecule is C=CC.CC.CC(C)(C)c1ccc(N(c2ccc(C(C)(C)C)cc2)c2cc(B3OC(C)(C)C(C)(C)O3)cc(C(C)(C)C)c2)cc1. The van der Waals surface area contributed by atoms with E-state index in [-0.39, 0.29) is 16.2 Å². The van der Waals surface area contributed by atoms with Crippen LogP contribution in [0.4, 0.5) is 17.1 Å². The molecule has 0 radical (unpaired) electrons.